The Labute approximate surface area is 173 Å². The molecule has 8 nitrogen and oxygen atoms in total. The molecule has 2 aromatic heterocycles. The van der Waals surface area contributed by atoms with Crippen molar-refractivity contribution >= 4 is 5.91 Å². The van der Waals surface area contributed by atoms with Crippen molar-refractivity contribution in [1.82, 2.24) is 25.2 Å². The van der Waals surface area contributed by atoms with E-state index in [1.54, 1.807) is 37.4 Å². The molecule has 0 aliphatic heterocycles. The first-order chi connectivity index (χ1) is 14.7. The van der Waals surface area contributed by atoms with Gasteiger partial charge in [-0.3, -0.25) is 4.79 Å². The molecule has 0 aliphatic rings. The molecule has 4 rings (SSSR count). The molecular weight excluding hydrogens is 382 g/mol. The van der Waals surface area contributed by atoms with Gasteiger partial charge in [-0.2, -0.15) is 10.1 Å². The Bertz CT molecular complexity index is 1090. The number of nitrogens with one attached hydrogen (secondary N) is 1. The highest BCUT2D eigenvalue weighted by Crippen LogP contribution is 2.14. The molecule has 0 saturated heterocycles. The molecule has 8 heteroatoms. The average Bonchev–Trinajstić information content (AvgIpc) is 3.45. The lowest BCUT2D eigenvalue weighted by Gasteiger charge is -2.08. The van der Waals surface area contributed by atoms with Gasteiger partial charge in [0.2, 0.25) is 11.7 Å². The monoisotopic (exact) mass is 403 g/mol. The zero-order valence-corrected chi connectivity index (χ0v) is 16.5. The van der Waals surface area contributed by atoms with Crippen molar-refractivity contribution in [3.05, 3.63) is 89.8 Å². The predicted molar refractivity (Wildman–Crippen MR) is 109 cm³/mol. The fourth-order valence-corrected chi connectivity index (χ4v) is 2.91. The molecule has 30 heavy (non-hydrogen) atoms. The van der Waals surface area contributed by atoms with Gasteiger partial charge >= 0.3 is 0 Å². The minimum Gasteiger partial charge on any atom is -0.485 e. The van der Waals surface area contributed by atoms with Crippen molar-refractivity contribution < 1.29 is 14.1 Å². The maximum absolute atomic E-state index is 12.3. The lowest BCUT2D eigenvalue weighted by molar-refractivity contribution is 0.0954. The Morgan fingerprint density at radius 3 is 2.60 bits per heavy atom. The molecule has 0 radical (unpaired) electrons. The minimum atomic E-state index is -0.122. The first-order valence-corrected chi connectivity index (χ1v) is 9.56. The van der Waals surface area contributed by atoms with E-state index in [9.17, 15) is 4.79 Å². The maximum atomic E-state index is 12.3. The third-order valence-corrected chi connectivity index (χ3v) is 4.46. The molecule has 152 valence electrons. The standard InChI is InChI=1S/C22H21N5O3/c1-16-25-21(26-30-16)15-29-20-9-5-18(6-10-20)22(28)23-13-11-17-3-7-19(8-4-17)27-14-2-12-24-27/h2-10,12,14H,11,13,15H2,1H3,(H,23,28). The van der Waals surface area contributed by atoms with Gasteiger partial charge in [0.05, 0.1) is 5.69 Å². The highest BCUT2D eigenvalue weighted by atomic mass is 16.5. The van der Waals surface area contributed by atoms with Crippen LogP contribution in [0.5, 0.6) is 5.75 Å². The number of benzene rings is 2. The number of aryl methyl sites for hydroxylation is 1. The van der Waals surface area contributed by atoms with Crippen LogP contribution in [0.2, 0.25) is 0 Å². The number of nitrogens with zero attached hydrogens (tertiary/aromatic N) is 4. The first kappa shape index (κ1) is 19.4. The van der Waals surface area contributed by atoms with Crippen LogP contribution in [-0.2, 0) is 13.0 Å². The molecule has 0 fully saturated rings. The number of carbonyl (C=O) groups is 1. The average molecular weight is 403 g/mol. The highest BCUT2D eigenvalue weighted by molar-refractivity contribution is 5.94. The lowest BCUT2D eigenvalue weighted by Crippen LogP contribution is -2.25. The van der Waals surface area contributed by atoms with Crippen LogP contribution in [0.1, 0.15) is 27.6 Å². The third kappa shape index (κ3) is 4.91. The van der Waals surface area contributed by atoms with Gasteiger partial charge in [-0.15, -0.1) is 0 Å². The van der Waals surface area contributed by atoms with Crippen molar-refractivity contribution in [2.45, 2.75) is 20.0 Å². The van der Waals surface area contributed by atoms with Crippen LogP contribution in [-0.4, -0.2) is 32.4 Å². The molecular formula is C22H21N5O3. The lowest BCUT2D eigenvalue weighted by atomic mass is 10.1. The summed E-state index contributed by atoms with van der Waals surface area (Å²) < 4.78 is 12.3. The minimum absolute atomic E-state index is 0.122. The number of hydrogen-bond donors (Lipinski definition) is 1. The SMILES string of the molecule is Cc1nc(COc2ccc(C(=O)NCCc3ccc(-n4cccn4)cc3)cc2)no1. The van der Waals surface area contributed by atoms with Gasteiger partial charge < -0.3 is 14.6 Å². The van der Waals surface area contributed by atoms with E-state index in [-0.39, 0.29) is 12.5 Å². The second kappa shape index (κ2) is 9.04. The Hall–Kier alpha value is -3.94. The Kier molecular flexibility index (Phi) is 5.84. The summed E-state index contributed by atoms with van der Waals surface area (Å²) >= 11 is 0. The normalized spacial score (nSPS) is 10.7. The summed E-state index contributed by atoms with van der Waals surface area (Å²) in [5, 5.41) is 10.9. The van der Waals surface area contributed by atoms with E-state index in [2.05, 4.69) is 20.6 Å². The molecule has 0 bridgehead atoms. The van der Waals surface area contributed by atoms with Crippen LogP contribution in [0, 0.1) is 6.92 Å². The number of carbonyl (C=O) groups excluding carboxylic acids is 1. The Balaban J connectivity index is 1.23. The van der Waals surface area contributed by atoms with E-state index >= 15 is 0 Å². The zero-order valence-electron chi connectivity index (χ0n) is 16.5. The van der Waals surface area contributed by atoms with Crippen molar-refractivity contribution in [3.8, 4) is 11.4 Å². The molecule has 2 heterocycles. The third-order valence-electron chi connectivity index (χ3n) is 4.46. The predicted octanol–water partition coefficient (Wildman–Crippen LogP) is 3.12. The molecule has 1 amide bonds. The quantitative estimate of drug-likeness (QED) is 0.486. The number of hydrogen-bond acceptors (Lipinski definition) is 6. The summed E-state index contributed by atoms with van der Waals surface area (Å²) in [5.74, 6) is 1.48. The number of rotatable bonds is 8. The smallest absolute Gasteiger partial charge is 0.251 e. The number of amides is 1. The van der Waals surface area contributed by atoms with Gasteiger partial charge in [0.15, 0.2) is 6.61 Å². The summed E-state index contributed by atoms with van der Waals surface area (Å²) in [6.45, 7) is 2.48. The molecule has 0 saturated carbocycles. The summed E-state index contributed by atoms with van der Waals surface area (Å²) in [6, 6.07) is 16.9. The van der Waals surface area contributed by atoms with Crippen LogP contribution in [0.15, 0.2) is 71.5 Å². The van der Waals surface area contributed by atoms with Crippen LogP contribution in [0.25, 0.3) is 5.69 Å². The number of aromatic nitrogens is 4. The topological polar surface area (TPSA) is 95.1 Å². The van der Waals surface area contributed by atoms with Crippen LogP contribution >= 0.6 is 0 Å². The van der Waals surface area contributed by atoms with Crippen LogP contribution in [0.3, 0.4) is 0 Å². The molecule has 1 N–H and O–H groups in total. The molecule has 4 aromatic rings. The summed E-state index contributed by atoms with van der Waals surface area (Å²) in [7, 11) is 0. The van der Waals surface area contributed by atoms with Crippen molar-refractivity contribution in [3.63, 3.8) is 0 Å². The van der Waals surface area contributed by atoms with Crippen LogP contribution < -0.4 is 10.1 Å². The van der Waals surface area contributed by atoms with Gasteiger partial charge in [0.25, 0.3) is 5.91 Å². The first-order valence-electron chi connectivity index (χ1n) is 9.56. The molecule has 0 spiro atoms. The fourth-order valence-electron chi connectivity index (χ4n) is 2.91. The van der Waals surface area contributed by atoms with E-state index < -0.39 is 0 Å². The second-order valence-corrected chi connectivity index (χ2v) is 6.67. The van der Waals surface area contributed by atoms with Crippen molar-refractivity contribution in [2.24, 2.45) is 0 Å². The van der Waals surface area contributed by atoms with Crippen LogP contribution in [0.4, 0.5) is 0 Å². The summed E-state index contributed by atoms with van der Waals surface area (Å²) in [6.07, 6.45) is 4.39. The largest absolute Gasteiger partial charge is 0.485 e. The number of ether oxygens (including phenoxy) is 1. The van der Waals surface area contributed by atoms with Gasteiger partial charge in [-0.25, -0.2) is 4.68 Å². The van der Waals surface area contributed by atoms with E-state index in [0.717, 1.165) is 17.7 Å². The fraction of sp³-hybridized carbons (Fsp3) is 0.182. The summed E-state index contributed by atoms with van der Waals surface area (Å²) in [4.78, 5) is 16.4. The second-order valence-electron chi connectivity index (χ2n) is 6.67. The molecule has 0 atom stereocenters. The zero-order chi connectivity index (χ0) is 20.8. The van der Waals surface area contributed by atoms with Gasteiger partial charge in [-0.05, 0) is 54.4 Å². The molecule has 0 unspecified atom stereocenters. The van der Waals surface area contributed by atoms with E-state index in [1.807, 2.05) is 41.2 Å². The highest BCUT2D eigenvalue weighted by Gasteiger charge is 2.07. The van der Waals surface area contributed by atoms with Gasteiger partial charge in [0, 0.05) is 31.4 Å². The Morgan fingerprint density at radius 2 is 1.93 bits per heavy atom. The van der Waals surface area contributed by atoms with Gasteiger partial charge in [0.1, 0.15) is 5.75 Å². The van der Waals surface area contributed by atoms with E-state index in [0.29, 0.717) is 29.6 Å². The van der Waals surface area contributed by atoms with E-state index in [1.165, 1.54) is 0 Å². The Morgan fingerprint density at radius 1 is 1.13 bits per heavy atom. The van der Waals surface area contributed by atoms with E-state index in [4.69, 9.17) is 9.26 Å². The van der Waals surface area contributed by atoms with Gasteiger partial charge in [-0.1, -0.05) is 17.3 Å². The molecule has 2 aromatic carbocycles. The van der Waals surface area contributed by atoms with Crippen molar-refractivity contribution in [2.75, 3.05) is 6.54 Å². The van der Waals surface area contributed by atoms with Crippen molar-refractivity contribution in [1.29, 1.82) is 0 Å². The maximum Gasteiger partial charge on any atom is 0.251 e. The summed E-state index contributed by atoms with van der Waals surface area (Å²) in [5.41, 5.74) is 2.73. The molecule has 0 aliphatic carbocycles.